The zero-order valence-corrected chi connectivity index (χ0v) is 12.0. The first kappa shape index (κ1) is 18.4. The minimum atomic E-state index is -4.90. The van der Waals surface area contributed by atoms with E-state index < -0.39 is 34.6 Å². The highest BCUT2D eigenvalue weighted by Gasteiger charge is 2.42. The van der Waals surface area contributed by atoms with Crippen molar-refractivity contribution in [1.29, 1.82) is 0 Å². The van der Waals surface area contributed by atoms with Crippen LogP contribution in [0.1, 0.15) is 25.7 Å². The summed E-state index contributed by atoms with van der Waals surface area (Å²) in [4.78, 5) is 52.3. The molecule has 0 radical (unpaired) electrons. The molecule has 6 N–H and O–H groups in total. The molecule has 110 valence electrons. The molecule has 0 bridgehead atoms. The third-order valence-electron chi connectivity index (χ3n) is 2.19. The van der Waals surface area contributed by atoms with Crippen LogP contribution in [0, 0.1) is 0 Å². The van der Waals surface area contributed by atoms with Gasteiger partial charge in [0.15, 0.2) is 5.40 Å². The van der Waals surface area contributed by atoms with E-state index in [-0.39, 0.29) is 25.4 Å². The lowest BCUT2D eigenvalue weighted by molar-refractivity contribution is 0.333. The molecule has 0 saturated heterocycles. The van der Waals surface area contributed by atoms with Crippen LogP contribution >= 0.6 is 22.8 Å². The summed E-state index contributed by atoms with van der Waals surface area (Å²) in [6.45, 7) is 0. The quantitative estimate of drug-likeness (QED) is 0.273. The van der Waals surface area contributed by atoms with Crippen molar-refractivity contribution in [3.05, 3.63) is 0 Å². The van der Waals surface area contributed by atoms with Crippen molar-refractivity contribution in [1.82, 2.24) is 0 Å². The van der Waals surface area contributed by atoms with Crippen molar-refractivity contribution in [2.24, 2.45) is 0 Å². The van der Waals surface area contributed by atoms with Gasteiger partial charge in [-0.15, -0.1) is 0 Å². The van der Waals surface area contributed by atoms with Gasteiger partial charge in [0, 0.05) is 6.16 Å². The molecule has 12 heteroatoms. The highest BCUT2D eigenvalue weighted by molar-refractivity contribution is 7.70. The lowest BCUT2D eigenvalue weighted by Gasteiger charge is -2.19. The fourth-order valence-corrected chi connectivity index (χ4v) is 4.59. The maximum atomic E-state index is 10.9. The molecule has 0 fully saturated rings. The van der Waals surface area contributed by atoms with Crippen LogP contribution in [0.25, 0.3) is 0 Å². The predicted molar refractivity (Wildman–Crippen MR) is 63.3 cm³/mol. The molecule has 0 spiro atoms. The average Bonchev–Trinajstić information content (AvgIpc) is 2.04. The molecule has 0 rings (SSSR count). The van der Waals surface area contributed by atoms with Crippen molar-refractivity contribution in [2.45, 2.75) is 31.1 Å². The summed E-state index contributed by atoms with van der Waals surface area (Å²) in [7, 11) is -13.9. The normalized spacial score (nSPS) is 14.2. The summed E-state index contributed by atoms with van der Waals surface area (Å²) in [5, 5.41) is -2.04. The van der Waals surface area contributed by atoms with Crippen LogP contribution in [0.3, 0.4) is 0 Å². The van der Waals surface area contributed by atoms with Gasteiger partial charge in [-0.3, -0.25) is 13.7 Å². The van der Waals surface area contributed by atoms with Crippen LogP contribution in [0.2, 0.25) is 0 Å². The summed E-state index contributed by atoms with van der Waals surface area (Å²) in [6.07, 6.45) is -0.332. The number of hydrogen-bond donors (Lipinski definition) is 6. The van der Waals surface area contributed by atoms with Crippen LogP contribution in [0.4, 0.5) is 0 Å². The zero-order chi connectivity index (χ0) is 14.6. The Labute approximate surface area is 104 Å². The minimum absolute atomic E-state index is 0.0703. The van der Waals surface area contributed by atoms with Crippen LogP contribution in [-0.2, 0) is 13.7 Å². The van der Waals surface area contributed by atoms with E-state index in [0.717, 1.165) is 0 Å². The Kier molecular flexibility index (Phi) is 6.92. The minimum Gasteiger partial charge on any atom is -0.324 e. The van der Waals surface area contributed by atoms with E-state index in [2.05, 4.69) is 0 Å². The molecule has 0 aromatic heterocycles. The van der Waals surface area contributed by atoms with E-state index in [1.165, 1.54) is 0 Å². The van der Waals surface area contributed by atoms with Crippen LogP contribution < -0.4 is 0 Å². The van der Waals surface area contributed by atoms with Gasteiger partial charge in [-0.25, -0.2) is 0 Å². The van der Waals surface area contributed by atoms with Crippen LogP contribution in [0.15, 0.2) is 0 Å². The Morgan fingerprint density at radius 3 is 1.50 bits per heavy atom. The largest absolute Gasteiger partial charge is 0.340 e. The molecular formula is C6H17O9P3. The second-order valence-electron chi connectivity index (χ2n) is 3.90. The van der Waals surface area contributed by atoms with E-state index in [4.69, 9.17) is 29.4 Å². The summed E-state index contributed by atoms with van der Waals surface area (Å²) in [5.74, 6) is 0. The fraction of sp³-hybridized carbons (Fsp3) is 1.00. The first-order valence-electron chi connectivity index (χ1n) is 4.99. The van der Waals surface area contributed by atoms with Crippen LogP contribution in [0.5, 0.6) is 0 Å². The van der Waals surface area contributed by atoms with Gasteiger partial charge in [-0.1, -0.05) is 12.8 Å². The molecule has 0 aliphatic rings. The van der Waals surface area contributed by atoms with E-state index in [0.29, 0.717) is 0 Å². The molecule has 9 nitrogen and oxygen atoms in total. The van der Waals surface area contributed by atoms with Crippen molar-refractivity contribution in [3.63, 3.8) is 0 Å². The van der Waals surface area contributed by atoms with E-state index in [1.807, 2.05) is 0 Å². The van der Waals surface area contributed by atoms with Gasteiger partial charge in [0.05, 0.1) is 0 Å². The molecule has 0 aromatic carbocycles. The smallest absolute Gasteiger partial charge is 0.324 e. The Hall–Kier alpha value is 0.450. The van der Waals surface area contributed by atoms with E-state index >= 15 is 0 Å². The maximum Gasteiger partial charge on any atom is 0.340 e. The topological polar surface area (TPSA) is 173 Å². The Morgan fingerprint density at radius 1 is 0.722 bits per heavy atom. The third-order valence-corrected chi connectivity index (χ3v) is 6.96. The van der Waals surface area contributed by atoms with Gasteiger partial charge in [-0.2, -0.15) is 0 Å². The van der Waals surface area contributed by atoms with Crippen molar-refractivity contribution < 1.29 is 43.1 Å². The zero-order valence-electron chi connectivity index (χ0n) is 9.36. The summed E-state index contributed by atoms with van der Waals surface area (Å²) in [5.41, 5.74) is 0. The standard InChI is InChI=1S/C6H17O9P3/c7-16(8,9)5-3-1-2-4-6(17(10,11)12)18(13,14)15/h6H,1-5H2,(H2,7,8,9)(H2,10,11,12)(H2,13,14,15). The van der Waals surface area contributed by atoms with Gasteiger partial charge >= 0.3 is 22.8 Å². The van der Waals surface area contributed by atoms with Crippen molar-refractivity contribution in [3.8, 4) is 0 Å². The molecule has 0 saturated carbocycles. The van der Waals surface area contributed by atoms with E-state index in [1.54, 1.807) is 0 Å². The number of rotatable bonds is 8. The molecule has 0 unspecified atom stereocenters. The summed E-state index contributed by atoms with van der Waals surface area (Å²) < 4.78 is 32.2. The lowest BCUT2D eigenvalue weighted by Crippen LogP contribution is -2.09. The van der Waals surface area contributed by atoms with Crippen molar-refractivity contribution in [2.75, 3.05) is 6.16 Å². The Balaban J connectivity index is 4.21. The van der Waals surface area contributed by atoms with Crippen molar-refractivity contribution >= 4 is 22.8 Å². The number of hydrogen-bond acceptors (Lipinski definition) is 3. The van der Waals surface area contributed by atoms with Gasteiger partial charge in [0.25, 0.3) is 0 Å². The maximum absolute atomic E-state index is 10.9. The average molecular weight is 326 g/mol. The fourth-order valence-electron chi connectivity index (χ4n) is 1.35. The Bertz CT molecular complexity index is 367. The lowest BCUT2D eigenvalue weighted by atomic mass is 10.2. The highest BCUT2D eigenvalue weighted by Crippen LogP contribution is 2.61. The first-order chi connectivity index (χ1) is 7.84. The van der Waals surface area contributed by atoms with Gasteiger partial charge in [0.2, 0.25) is 0 Å². The third kappa shape index (κ3) is 8.53. The predicted octanol–water partition coefficient (Wildman–Crippen LogP) is 0.406. The second-order valence-corrected chi connectivity index (χ2v) is 9.68. The first-order valence-corrected chi connectivity index (χ1v) is 10.1. The summed E-state index contributed by atoms with van der Waals surface area (Å²) >= 11 is 0. The number of unbranched alkanes of at least 4 members (excludes halogenated alkanes) is 2. The SMILES string of the molecule is O=P(O)(O)CCCCCC(P(=O)(O)O)P(=O)(O)O. The van der Waals surface area contributed by atoms with Gasteiger partial charge in [0.1, 0.15) is 0 Å². The van der Waals surface area contributed by atoms with Gasteiger partial charge in [-0.05, 0) is 12.8 Å². The molecule has 0 atom stereocenters. The highest BCUT2D eigenvalue weighted by atomic mass is 31.2. The Morgan fingerprint density at radius 2 is 1.17 bits per heavy atom. The summed E-state index contributed by atoms with van der Waals surface area (Å²) in [6, 6.07) is 0. The second kappa shape index (κ2) is 6.75. The molecule has 18 heavy (non-hydrogen) atoms. The molecule has 0 heterocycles. The molecule has 0 aliphatic carbocycles. The van der Waals surface area contributed by atoms with E-state index in [9.17, 15) is 13.7 Å². The molecular weight excluding hydrogens is 309 g/mol. The molecule has 0 amide bonds. The molecule has 0 aromatic rings. The van der Waals surface area contributed by atoms with Crippen LogP contribution in [-0.4, -0.2) is 40.9 Å². The van der Waals surface area contributed by atoms with Gasteiger partial charge < -0.3 is 29.4 Å². The monoisotopic (exact) mass is 326 g/mol. The molecule has 0 aliphatic heterocycles.